The molecule has 0 unspecified atom stereocenters. The Balaban J connectivity index is 1.27. The third-order valence-electron chi connectivity index (χ3n) is 16.3. The van der Waals surface area contributed by atoms with Crippen LogP contribution in [0.25, 0.3) is 0 Å². The van der Waals surface area contributed by atoms with Gasteiger partial charge in [0.1, 0.15) is 85.3 Å². The average Bonchev–Trinajstić information content (AvgIpc) is 0.979. The molecular weight excluding hydrogens is 1320 g/mol. The maximum Gasteiger partial charge on any atom is 0.333 e. The summed E-state index contributed by atoms with van der Waals surface area (Å²) in [6.45, 7) is 0.975. The van der Waals surface area contributed by atoms with Crippen molar-refractivity contribution in [1.82, 2.24) is 47.2 Å². The SMILES string of the molecule is C[C@@H]1O[C@@H](OCCNC(=O)CC[C@H](NC(=O)CN(CC(=O)NCCCCCC(=O)ON2C(=O)CCC2=O)CC(=O)N[C@@H](CCC(=O)NCCO[C@@H]2O[C@@H](C)[C@@H](O)[C@@H](O)[C@@H]2O)C(=O)NCCO[C@@H]2O[C@@H](C)[C@@H](O)[C@@H](O)[C@@H]2O)C(=O)NCCO[C@@H]2O[C@@H](C)[C@@H](O)[C@@H](O)[C@@H]2O)[C@@H](O)[C@H](O)[C@@H]1O. The molecule has 5 fully saturated rings. The topological polar surface area (TPSA) is 587 Å². The van der Waals surface area contributed by atoms with E-state index >= 15 is 0 Å². The Bertz CT molecular complexity index is 2460. The van der Waals surface area contributed by atoms with Gasteiger partial charge in [0.25, 0.3) is 11.8 Å². The van der Waals surface area contributed by atoms with Crippen LogP contribution in [-0.2, 0) is 90.7 Å². The third kappa shape index (κ3) is 25.9. The summed E-state index contributed by atoms with van der Waals surface area (Å²) in [5, 5.41) is 140. The highest BCUT2D eigenvalue weighted by atomic mass is 16.7. The molecule has 0 aromatic carbocycles. The minimum Gasteiger partial charge on any atom is -0.388 e. The summed E-state index contributed by atoms with van der Waals surface area (Å²) in [4.78, 5) is 138. The lowest BCUT2D eigenvalue weighted by Gasteiger charge is -2.38. The van der Waals surface area contributed by atoms with Gasteiger partial charge in [-0.3, -0.25) is 48.1 Å². The van der Waals surface area contributed by atoms with Gasteiger partial charge in [-0.2, -0.15) is 0 Å². The van der Waals surface area contributed by atoms with Gasteiger partial charge in [-0.15, -0.1) is 5.06 Å². The number of ether oxygens (including phenoxy) is 8. The molecule has 0 radical (unpaired) electrons. The van der Waals surface area contributed by atoms with Crippen molar-refractivity contribution in [2.45, 2.75) is 227 Å². The van der Waals surface area contributed by atoms with Crippen LogP contribution in [0, 0.1) is 0 Å². The lowest BCUT2D eigenvalue weighted by Crippen LogP contribution is -2.57. The van der Waals surface area contributed by atoms with Crippen molar-refractivity contribution in [2.24, 2.45) is 0 Å². The van der Waals surface area contributed by atoms with Crippen LogP contribution in [0.4, 0.5) is 0 Å². The van der Waals surface area contributed by atoms with Gasteiger partial charge in [-0.1, -0.05) is 6.42 Å². The van der Waals surface area contributed by atoms with E-state index < -0.39 is 239 Å². The molecule has 40 heteroatoms. The quantitative estimate of drug-likeness (QED) is 0.0201. The number of amides is 9. The highest BCUT2D eigenvalue weighted by molar-refractivity contribution is 6.01. The number of unbranched alkanes of at least 4 members (excludes halogenated alkanes) is 2. The number of nitrogens with one attached hydrogen (secondary N) is 7. The van der Waals surface area contributed by atoms with Gasteiger partial charge in [-0.05, 0) is 53.4 Å². The van der Waals surface area contributed by atoms with Crippen molar-refractivity contribution in [3.8, 4) is 0 Å². The normalized spacial score (nSPS) is 31.7. The fourth-order valence-corrected chi connectivity index (χ4v) is 10.5. The van der Waals surface area contributed by atoms with Crippen LogP contribution >= 0.6 is 0 Å². The van der Waals surface area contributed by atoms with Crippen molar-refractivity contribution < 1.29 is 152 Å². The van der Waals surface area contributed by atoms with E-state index in [9.17, 15) is 109 Å². The maximum atomic E-state index is 14.1. The van der Waals surface area contributed by atoms with Crippen LogP contribution < -0.4 is 37.2 Å². The molecule has 98 heavy (non-hydrogen) atoms. The van der Waals surface area contributed by atoms with E-state index in [0.717, 1.165) is 4.90 Å². The molecule has 5 heterocycles. The van der Waals surface area contributed by atoms with Crippen molar-refractivity contribution in [3.05, 3.63) is 0 Å². The van der Waals surface area contributed by atoms with Crippen molar-refractivity contribution in [1.29, 1.82) is 0 Å². The molecule has 22 atom stereocenters. The van der Waals surface area contributed by atoms with E-state index in [2.05, 4.69) is 37.2 Å². The average molecular weight is 1420 g/mol. The Morgan fingerprint density at radius 1 is 0.408 bits per heavy atom. The molecule has 40 nitrogen and oxygen atoms in total. The molecule has 0 saturated carbocycles. The second-order valence-electron chi connectivity index (χ2n) is 24.2. The van der Waals surface area contributed by atoms with Gasteiger partial charge < -0.3 is 141 Å². The molecule has 560 valence electrons. The Morgan fingerprint density at radius 2 is 0.724 bits per heavy atom. The number of nitrogens with zero attached hydrogens (tertiary/aromatic N) is 2. The van der Waals surface area contributed by atoms with Gasteiger partial charge in [0.2, 0.25) is 41.4 Å². The molecule has 19 N–H and O–H groups in total. The summed E-state index contributed by atoms with van der Waals surface area (Å²) in [5.74, 6) is -8.14. The molecule has 0 aliphatic carbocycles. The van der Waals surface area contributed by atoms with Gasteiger partial charge in [-0.25, -0.2) is 4.79 Å². The van der Waals surface area contributed by atoms with Crippen LogP contribution in [0.2, 0.25) is 0 Å². The summed E-state index contributed by atoms with van der Waals surface area (Å²) in [6, 6.07) is -3.12. The van der Waals surface area contributed by atoms with Gasteiger partial charge >= 0.3 is 5.97 Å². The van der Waals surface area contributed by atoms with Crippen LogP contribution in [0.3, 0.4) is 0 Å². The van der Waals surface area contributed by atoms with E-state index in [1.165, 1.54) is 27.7 Å². The molecule has 0 bridgehead atoms. The first-order valence-corrected chi connectivity index (χ1v) is 32.4. The molecule has 0 aromatic heterocycles. The van der Waals surface area contributed by atoms with Crippen LogP contribution in [-0.4, -0.2) is 344 Å². The van der Waals surface area contributed by atoms with Crippen molar-refractivity contribution in [2.75, 3.05) is 78.8 Å². The first-order valence-electron chi connectivity index (χ1n) is 32.4. The number of aliphatic hydroxyl groups is 12. The molecular formula is C58H97N9O31. The Morgan fingerprint density at radius 3 is 1.07 bits per heavy atom. The number of aliphatic hydroxyl groups excluding tert-OH is 12. The predicted molar refractivity (Wildman–Crippen MR) is 323 cm³/mol. The maximum absolute atomic E-state index is 14.1. The Labute approximate surface area is 562 Å². The third-order valence-corrected chi connectivity index (χ3v) is 16.3. The molecule has 5 saturated heterocycles. The summed E-state index contributed by atoms with van der Waals surface area (Å²) in [6.07, 6.45) is -29.5. The zero-order chi connectivity index (χ0) is 72.5. The number of carbonyl (C=O) groups is 10. The second-order valence-corrected chi connectivity index (χ2v) is 24.2. The molecule has 5 aliphatic rings. The van der Waals surface area contributed by atoms with E-state index in [1.54, 1.807) is 0 Å². The number of hydroxylamine groups is 2. The highest BCUT2D eigenvalue weighted by Gasteiger charge is 2.46. The monoisotopic (exact) mass is 1420 g/mol. The molecule has 5 rings (SSSR count). The van der Waals surface area contributed by atoms with Crippen LogP contribution in [0.15, 0.2) is 0 Å². The van der Waals surface area contributed by atoms with Crippen LogP contribution in [0.1, 0.15) is 91.9 Å². The lowest BCUT2D eigenvalue weighted by molar-refractivity contribution is -0.292. The van der Waals surface area contributed by atoms with Crippen LogP contribution in [0.5, 0.6) is 0 Å². The zero-order valence-electron chi connectivity index (χ0n) is 54.8. The number of rotatable bonds is 39. The Hall–Kier alpha value is -5.94. The summed E-state index contributed by atoms with van der Waals surface area (Å²) < 4.78 is 43.6. The first-order chi connectivity index (χ1) is 46.4. The number of hydrogen-bond acceptors (Lipinski definition) is 32. The van der Waals surface area contributed by atoms with Gasteiger partial charge in [0.05, 0.1) is 70.5 Å². The molecule has 9 amide bonds. The first kappa shape index (κ1) is 82.7. The van der Waals surface area contributed by atoms with Gasteiger partial charge in [0, 0.05) is 64.8 Å². The second kappa shape index (κ2) is 41.1. The van der Waals surface area contributed by atoms with E-state index in [-0.39, 0.29) is 91.3 Å². The van der Waals surface area contributed by atoms with Crippen molar-refractivity contribution in [3.63, 3.8) is 0 Å². The van der Waals surface area contributed by atoms with Gasteiger partial charge in [0.15, 0.2) is 25.2 Å². The van der Waals surface area contributed by atoms with E-state index in [4.69, 9.17) is 42.7 Å². The zero-order valence-corrected chi connectivity index (χ0v) is 54.8. The minimum atomic E-state index is -1.69. The smallest absolute Gasteiger partial charge is 0.333 e. The molecule has 0 aromatic rings. The van der Waals surface area contributed by atoms with E-state index in [1.807, 2.05) is 0 Å². The van der Waals surface area contributed by atoms with Crippen molar-refractivity contribution >= 4 is 59.1 Å². The highest BCUT2D eigenvalue weighted by Crippen LogP contribution is 2.25. The van der Waals surface area contributed by atoms with E-state index in [0.29, 0.717) is 11.5 Å². The Kier molecular flexibility index (Phi) is 34.7. The number of imide groups is 1. The minimum absolute atomic E-state index is 0.0180. The lowest BCUT2D eigenvalue weighted by atomic mass is 10.0. The summed E-state index contributed by atoms with van der Waals surface area (Å²) >= 11 is 0. The number of carbonyl (C=O) groups excluding carboxylic acids is 10. The fraction of sp³-hybridized carbons (Fsp3) is 0.828. The summed E-state index contributed by atoms with van der Waals surface area (Å²) in [7, 11) is 0. The molecule has 0 spiro atoms. The largest absolute Gasteiger partial charge is 0.388 e. The predicted octanol–water partition coefficient (Wildman–Crippen LogP) is -11.1. The standard InChI is InChI=1S/C58H97N9O31/c1-27-41(76)45(80)49(84)55(94-27)90-20-16-60-33(68)11-9-31(53(88)62-18-22-92-57-51(86)47(82)43(78)29(3)96-57)64-36(71)25-66(24-35(70)59-15-7-5-6-8-40(75)98-67-38(73)13-14-39(67)74)26-37(72)65-32(54(89)63-19-23-93-58-52(87)48(83)44(79)30(4)97-58)10-12-34(69)61-17-21-91-56-50(85)46(81)42(77)28(2)95-56/h27-32,41-52,55-58,76-87H,5-26H2,1-4H3,(H,59,70)(H,60,68)(H,61,69)(H,62,88)(H,63,89)(H,64,71)(H,65,72)/t27-,28-,29-,30-,31-,32-,41+,42+,43+,44+,45+,46+,47+,48+,49-,50-,51-,52-,55+,56+,57+,58+/m0/s1. The summed E-state index contributed by atoms with van der Waals surface area (Å²) in [5.41, 5.74) is 0. The molecule has 5 aliphatic heterocycles. The number of hydrogen-bond donors (Lipinski definition) is 19. The fourth-order valence-electron chi connectivity index (χ4n) is 10.5.